The quantitative estimate of drug-likeness (QED) is 0.626. The summed E-state index contributed by atoms with van der Waals surface area (Å²) < 4.78 is 0. The Morgan fingerprint density at radius 1 is 0.400 bits per heavy atom. The average molecular weight is 305 g/mol. The van der Waals surface area contributed by atoms with Crippen molar-refractivity contribution in [1.82, 2.24) is 0 Å². The molecule has 0 amide bonds. The van der Waals surface area contributed by atoms with E-state index in [2.05, 4.69) is 64.0 Å². The lowest BCUT2D eigenvalue weighted by Crippen LogP contribution is -2.37. The van der Waals surface area contributed by atoms with Crippen LogP contribution in [0, 0.1) is 0 Å². The van der Waals surface area contributed by atoms with Crippen LogP contribution in [0.5, 0.6) is 0 Å². The molecule has 4 fully saturated rings. The van der Waals surface area contributed by atoms with Crippen LogP contribution >= 0.6 is 64.0 Å². The van der Waals surface area contributed by atoms with Crippen LogP contribution in [0.1, 0.15) is 0 Å². The molecule has 4 aliphatic rings. The van der Waals surface area contributed by atoms with Gasteiger partial charge in [0.05, 0.1) is 0 Å². The van der Waals surface area contributed by atoms with Crippen molar-refractivity contribution in [3.63, 3.8) is 0 Å². The predicted octanol–water partition coefficient (Wildman–Crippen LogP) is 2.37. The molecule has 0 aromatic carbocycles. The first kappa shape index (κ1) is 8.29. The van der Waals surface area contributed by atoms with Gasteiger partial charge in [0.25, 0.3) is 0 Å². The maximum Gasteiger partial charge on any atom is 0.247 e. The van der Waals surface area contributed by atoms with Crippen LogP contribution in [-0.2, 0) is 0 Å². The second-order valence-corrected chi connectivity index (χ2v) is 43.5. The van der Waals surface area contributed by atoms with Crippen LogP contribution in [0.25, 0.3) is 0 Å². The SMILES string of the molecule is S1[Si]2S[Si]3S[Si]1S[Si](S2)S3. The third-order valence-electron chi connectivity index (χ3n) is 1.000. The highest BCUT2D eigenvalue weighted by atomic mass is 33.2. The number of hydrogen-bond donors (Lipinski definition) is 0. The molecule has 4 bridgehead atoms. The largest absolute Gasteiger partial charge is 0.247 e. The Labute approximate surface area is 87.7 Å². The zero-order valence-corrected chi connectivity index (χ0v) is 13.3. The van der Waals surface area contributed by atoms with Gasteiger partial charge in [0.1, 0.15) is 0 Å². The van der Waals surface area contributed by atoms with Crippen LogP contribution in [-0.4, -0.2) is 25.0 Å². The normalized spacial score (nSPS) is 36.0. The van der Waals surface area contributed by atoms with Crippen LogP contribution in [0.4, 0.5) is 0 Å². The van der Waals surface area contributed by atoms with E-state index < -0.39 is 0 Å². The van der Waals surface area contributed by atoms with Crippen molar-refractivity contribution in [3.05, 3.63) is 0 Å². The maximum absolute atomic E-state index is 2.40. The lowest BCUT2D eigenvalue weighted by atomic mass is 26.9. The van der Waals surface area contributed by atoms with E-state index in [0.29, 0.717) is 0 Å². The second-order valence-electron chi connectivity index (χ2n) is 1.61. The Bertz CT molecular complexity index is 101. The molecule has 0 spiro atoms. The first-order valence-corrected chi connectivity index (χ1v) is 22.0. The molecule has 4 aliphatic heterocycles. The molecule has 10 heavy (non-hydrogen) atoms. The number of hydrogen-bond acceptors (Lipinski definition) is 6. The summed E-state index contributed by atoms with van der Waals surface area (Å²) in [5, 5.41) is 0. The summed E-state index contributed by atoms with van der Waals surface area (Å²) in [6, 6.07) is 0. The fraction of sp³-hybridized carbons (Fsp3) is 0. The summed E-state index contributed by atoms with van der Waals surface area (Å²) in [6.45, 7) is 0. The Morgan fingerprint density at radius 3 is 0.800 bits per heavy atom. The standard InChI is InChI=1S/S6Si4/c1-7-2-9-4-8(1)5-10(3-7)6-9. The third kappa shape index (κ3) is 1.50. The maximum atomic E-state index is 2.40. The van der Waals surface area contributed by atoms with Gasteiger partial charge in [-0.25, -0.2) is 0 Å². The monoisotopic (exact) mass is 304 g/mol. The molecule has 0 N–H and O–H groups in total. The number of rotatable bonds is 0. The van der Waals surface area contributed by atoms with E-state index in [1.54, 1.807) is 0 Å². The van der Waals surface area contributed by atoms with Gasteiger partial charge in [-0.05, 0) is 0 Å². The van der Waals surface area contributed by atoms with Gasteiger partial charge in [-0.2, -0.15) is 64.0 Å². The van der Waals surface area contributed by atoms with Crippen molar-refractivity contribution in [2.45, 2.75) is 0 Å². The first-order chi connectivity index (χ1) is 4.90. The molecule has 4 heterocycles. The Balaban J connectivity index is 1.90. The predicted molar refractivity (Wildman–Crippen MR) is 68.6 cm³/mol. The summed E-state index contributed by atoms with van der Waals surface area (Å²) in [4.78, 5) is 0. The summed E-state index contributed by atoms with van der Waals surface area (Å²) in [7, 11) is 14.4. The minimum atomic E-state index is 0.0752. The van der Waals surface area contributed by atoms with Gasteiger partial charge in [0.2, 0.25) is 25.0 Å². The molecular formula is S6Si4. The molecule has 4 radical (unpaired) electrons. The van der Waals surface area contributed by atoms with Gasteiger partial charge in [0.15, 0.2) is 0 Å². The second kappa shape index (κ2) is 3.27. The third-order valence-corrected chi connectivity index (χ3v) is 81.0. The highest BCUT2D eigenvalue weighted by molar-refractivity contribution is 9.30. The van der Waals surface area contributed by atoms with Gasteiger partial charge in [-0.3, -0.25) is 0 Å². The van der Waals surface area contributed by atoms with E-state index in [9.17, 15) is 0 Å². The fourth-order valence-electron chi connectivity index (χ4n) is 0.658. The van der Waals surface area contributed by atoms with E-state index >= 15 is 0 Å². The zero-order chi connectivity index (χ0) is 6.55. The molecule has 0 atom stereocenters. The van der Waals surface area contributed by atoms with E-state index in [-0.39, 0.29) is 25.0 Å². The molecule has 4 saturated heterocycles. The zero-order valence-electron chi connectivity index (χ0n) is 4.45. The van der Waals surface area contributed by atoms with Crippen LogP contribution in [0.3, 0.4) is 0 Å². The van der Waals surface area contributed by atoms with Crippen molar-refractivity contribution < 1.29 is 0 Å². The van der Waals surface area contributed by atoms with E-state index in [0.717, 1.165) is 0 Å². The van der Waals surface area contributed by atoms with Crippen LogP contribution in [0.2, 0.25) is 0 Å². The van der Waals surface area contributed by atoms with Crippen LogP contribution < -0.4 is 0 Å². The van der Waals surface area contributed by atoms with Crippen molar-refractivity contribution in [2.75, 3.05) is 0 Å². The lowest BCUT2D eigenvalue weighted by Gasteiger charge is -2.42. The van der Waals surface area contributed by atoms with Gasteiger partial charge in [-0.1, -0.05) is 0 Å². The van der Waals surface area contributed by atoms with Crippen LogP contribution in [0.15, 0.2) is 0 Å². The van der Waals surface area contributed by atoms with Crippen molar-refractivity contribution >= 4 is 88.9 Å². The lowest BCUT2D eigenvalue weighted by molar-refractivity contribution is 4.06. The molecule has 0 aromatic heterocycles. The molecule has 4 rings (SSSR count). The highest BCUT2D eigenvalue weighted by Crippen LogP contribution is 2.64. The molecule has 0 aromatic rings. The Hall–Kier alpha value is 2.97. The smallest absolute Gasteiger partial charge is 0.165 e. The topological polar surface area (TPSA) is 0 Å². The summed E-state index contributed by atoms with van der Waals surface area (Å²) in [6.07, 6.45) is 0.301. The average Bonchev–Trinajstić information content (AvgIpc) is 1.82. The van der Waals surface area contributed by atoms with Gasteiger partial charge >= 0.3 is 0 Å². The van der Waals surface area contributed by atoms with Gasteiger partial charge < -0.3 is 0 Å². The van der Waals surface area contributed by atoms with Gasteiger partial charge in [0, 0.05) is 0 Å². The minimum Gasteiger partial charge on any atom is -0.165 e. The van der Waals surface area contributed by atoms with Crippen molar-refractivity contribution in [2.24, 2.45) is 0 Å². The van der Waals surface area contributed by atoms with E-state index in [1.165, 1.54) is 0 Å². The summed E-state index contributed by atoms with van der Waals surface area (Å²) in [5.41, 5.74) is 0. The van der Waals surface area contributed by atoms with E-state index in [4.69, 9.17) is 0 Å². The van der Waals surface area contributed by atoms with Gasteiger partial charge in [-0.15, -0.1) is 0 Å². The summed E-state index contributed by atoms with van der Waals surface area (Å²) >= 11 is 0. The molecule has 10 heteroatoms. The molecular weight excluding hydrogens is 305 g/mol. The first-order valence-electron chi connectivity index (χ1n) is 2.45. The summed E-state index contributed by atoms with van der Waals surface area (Å²) in [5.74, 6) is 0. The van der Waals surface area contributed by atoms with Crippen molar-refractivity contribution in [3.8, 4) is 0 Å². The molecule has 0 unspecified atom stereocenters. The Morgan fingerprint density at radius 2 is 0.600 bits per heavy atom. The molecule has 0 aliphatic carbocycles. The molecule has 0 saturated carbocycles. The molecule has 0 nitrogen and oxygen atoms in total. The van der Waals surface area contributed by atoms with E-state index in [1.807, 2.05) is 0 Å². The minimum absolute atomic E-state index is 0.0752. The van der Waals surface area contributed by atoms with Crippen molar-refractivity contribution in [1.29, 1.82) is 0 Å². The Kier molecular flexibility index (Phi) is 2.71. The highest BCUT2D eigenvalue weighted by Gasteiger charge is 2.51. The molecule has 52 valence electrons. The fourth-order valence-corrected chi connectivity index (χ4v) is 160.